The van der Waals surface area contributed by atoms with Gasteiger partial charge in [0.2, 0.25) is 0 Å². The van der Waals surface area contributed by atoms with Gasteiger partial charge in [0.25, 0.3) is 0 Å². The van der Waals surface area contributed by atoms with E-state index in [2.05, 4.69) is 4.52 Å². The molecular formula is C2H5AlO3P. The molecule has 0 N–H and O–H groups in total. The van der Waals surface area contributed by atoms with Crippen molar-refractivity contribution in [3.05, 3.63) is 0 Å². The van der Waals surface area contributed by atoms with Crippen LogP contribution in [0.4, 0.5) is 0 Å². The van der Waals surface area contributed by atoms with Crippen LogP contribution in [0.25, 0.3) is 0 Å². The zero-order valence-corrected chi connectivity index (χ0v) is 6.01. The summed E-state index contributed by atoms with van der Waals surface area (Å²) in [6, 6.07) is 0. The van der Waals surface area contributed by atoms with Crippen molar-refractivity contribution < 1.29 is 14.3 Å². The van der Waals surface area contributed by atoms with Gasteiger partial charge in [0.05, 0.1) is 0 Å². The Morgan fingerprint density at radius 2 is 2.00 bits per heavy atom. The molecule has 3 nitrogen and oxygen atoms in total. The van der Waals surface area contributed by atoms with Gasteiger partial charge in [-0.05, 0) is 6.92 Å². The smallest absolute Gasteiger partial charge is 0.820 e. The van der Waals surface area contributed by atoms with E-state index in [1.165, 1.54) is 0 Å². The van der Waals surface area contributed by atoms with E-state index in [0.29, 0.717) is 0 Å². The molecule has 39 valence electrons. The first kappa shape index (κ1) is 10.8. The van der Waals surface area contributed by atoms with Gasteiger partial charge < -0.3 is 14.3 Å². The Balaban J connectivity index is 0. The van der Waals surface area contributed by atoms with Crippen molar-refractivity contribution in [3.8, 4) is 0 Å². The summed E-state index contributed by atoms with van der Waals surface area (Å²) in [4.78, 5) is 18.8. The minimum absolute atomic E-state index is 0. The molecule has 0 aliphatic rings. The van der Waals surface area contributed by atoms with Crippen LogP contribution in [-0.4, -0.2) is 24.0 Å². The molecule has 0 amide bonds. The molecule has 0 rings (SSSR count). The zero-order chi connectivity index (χ0) is 4.99. The first-order valence-corrected chi connectivity index (χ1v) is 2.64. The molecule has 0 aromatic rings. The topological polar surface area (TPSA) is 55.3 Å². The van der Waals surface area contributed by atoms with Crippen LogP contribution in [0.1, 0.15) is 6.92 Å². The standard InChI is InChI=1S/C2H5O3P.Al/c1-2-5-6(3)4;/h2H2,1H3;/q-2;+2. The summed E-state index contributed by atoms with van der Waals surface area (Å²) >= 11 is 0. The van der Waals surface area contributed by atoms with Crippen LogP contribution in [-0.2, 0) is 4.52 Å². The van der Waals surface area contributed by atoms with E-state index >= 15 is 0 Å². The normalized spacial score (nSPS) is 8.57. The fraction of sp³-hybridized carbons (Fsp3) is 1.00. The van der Waals surface area contributed by atoms with Gasteiger partial charge in [-0.25, -0.2) is 0 Å². The van der Waals surface area contributed by atoms with Crippen molar-refractivity contribution in [2.75, 3.05) is 6.61 Å². The SMILES string of the molecule is CCOP([O-])[O-].[Al+2]. The monoisotopic (exact) mass is 135 g/mol. The first-order chi connectivity index (χ1) is 2.77. The Morgan fingerprint density at radius 3 is 2.00 bits per heavy atom. The molecule has 0 aromatic carbocycles. The van der Waals surface area contributed by atoms with Crippen molar-refractivity contribution >= 4 is 26.0 Å². The second kappa shape index (κ2) is 6.84. The van der Waals surface area contributed by atoms with Crippen molar-refractivity contribution in [1.29, 1.82) is 0 Å². The molecule has 0 saturated heterocycles. The number of hydrogen-bond acceptors (Lipinski definition) is 3. The van der Waals surface area contributed by atoms with Crippen molar-refractivity contribution in [2.24, 2.45) is 0 Å². The van der Waals surface area contributed by atoms with Crippen LogP contribution < -0.4 is 9.79 Å². The quantitative estimate of drug-likeness (QED) is 0.345. The van der Waals surface area contributed by atoms with E-state index in [-0.39, 0.29) is 24.0 Å². The molecule has 0 aliphatic carbocycles. The predicted octanol–water partition coefficient (Wildman–Crippen LogP) is -1.41. The molecule has 0 saturated carbocycles. The van der Waals surface area contributed by atoms with Crippen molar-refractivity contribution in [3.63, 3.8) is 0 Å². The summed E-state index contributed by atoms with van der Waals surface area (Å²) in [6.45, 7) is 1.85. The summed E-state index contributed by atoms with van der Waals surface area (Å²) in [7, 11) is -2.60. The third-order valence-electron chi connectivity index (χ3n) is 0.235. The summed E-state index contributed by atoms with van der Waals surface area (Å²) in [5, 5.41) is 0. The molecule has 0 unspecified atom stereocenters. The van der Waals surface area contributed by atoms with Gasteiger partial charge in [0, 0.05) is 6.61 Å². The Morgan fingerprint density at radius 1 is 1.57 bits per heavy atom. The van der Waals surface area contributed by atoms with Crippen LogP contribution in [0, 0.1) is 0 Å². The Bertz CT molecular complexity index is 34.1. The van der Waals surface area contributed by atoms with Crippen LogP contribution >= 0.6 is 8.60 Å². The van der Waals surface area contributed by atoms with Gasteiger partial charge in [-0.3, -0.25) is 0 Å². The largest absolute Gasteiger partial charge is 2.00 e. The number of hydrogen-bond donors (Lipinski definition) is 0. The molecule has 0 aliphatic heterocycles. The first-order valence-electron chi connectivity index (χ1n) is 1.54. The minimum Gasteiger partial charge on any atom is -0.820 e. The Labute approximate surface area is 54.4 Å². The maximum atomic E-state index is 9.41. The van der Waals surface area contributed by atoms with Crippen LogP contribution in [0.5, 0.6) is 0 Å². The summed E-state index contributed by atoms with van der Waals surface area (Å²) in [5.41, 5.74) is 0. The molecule has 0 bridgehead atoms. The molecule has 7 heavy (non-hydrogen) atoms. The molecule has 0 heterocycles. The van der Waals surface area contributed by atoms with E-state index in [1.807, 2.05) is 0 Å². The van der Waals surface area contributed by atoms with E-state index in [1.54, 1.807) is 6.92 Å². The van der Waals surface area contributed by atoms with Gasteiger partial charge in [0.1, 0.15) is 0 Å². The second-order valence-electron chi connectivity index (χ2n) is 0.641. The predicted molar refractivity (Wildman–Crippen MR) is 24.3 cm³/mol. The van der Waals surface area contributed by atoms with Gasteiger partial charge >= 0.3 is 17.4 Å². The molecule has 0 atom stereocenters. The fourth-order valence-corrected chi connectivity index (χ4v) is 0.316. The third kappa shape index (κ3) is 10.9. The molecular weight excluding hydrogens is 130 g/mol. The average Bonchev–Trinajstić information content (AvgIpc) is 1.35. The van der Waals surface area contributed by atoms with E-state index in [9.17, 15) is 9.79 Å². The maximum absolute atomic E-state index is 9.41. The summed E-state index contributed by atoms with van der Waals surface area (Å²) < 4.78 is 4.00. The Kier molecular flexibility index (Phi) is 10.5. The molecule has 0 spiro atoms. The average molecular weight is 135 g/mol. The van der Waals surface area contributed by atoms with Crippen molar-refractivity contribution in [2.45, 2.75) is 6.92 Å². The molecule has 5 heteroatoms. The fourth-order valence-electron chi connectivity index (χ4n) is 0.105. The number of rotatable bonds is 2. The van der Waals surface area contributed by atoms with Crippen LogP contribution in [0.15, 0.2) is 0 Å². The maximum Gasteiger partial charge on any atom is 2.00 e. The van der Waals surface area contributed by atoms with Gasteiger partial charge in [-0.2, -0.15) is 8.60 Å². The van der Waals surface area contributed by atoms with Gasteiger partial charge in [-0.1, -0.05) is 0 Å². The van der Waals surface area contributed by atoms with Crippen molar-refractivity contribution in [1.82, 2.24) is 0 Å². The van der Waals surface area contributed by atoms with E-state index in [0.717, 1.165) is 0 Å². The summed E-state index contributed by atoms with van der Waals surface area (Å²) in [5.74, 6) is 0. The van der Waals surface area contributed by atoms with Gasteiger partial charge in [0.15, 0.2) is 0 Å². The van der Waals surface area contributed by atoms with E-state index in [4.69, 9.17) is 0 Å². The Hall–Kier alpha value is 0.842. The molecule has 1 radical (unpaired) electrons. The van der Waals surface area contributed by atoms with E-state index < -0.39 is 8.60 Å². The second-order valence-corrected chi connectivity index (χ2v) is 1.35. The van der Waals surface area contributed by atoms with Crippen LogP contribution in [0.3, 0.4) is 0 Å². The van der Waals surface area contributed by atoms with Crippen LogP contribution in [0.2, 0.25) is 0 Å². The zero-order valence-electron chi connectivity index (χ0n) is 3.96. The summed E-state index contributed by atoms with van der Waals surface area (Å²) in [6.07, 6.45) is 0. The molecule has 0 aromatic heterocycles. The molecule has 0 fully saturated rings. The van der Waals surface area contributed by atoms with Gasteiger partial charge in [-0.15, -0.1) is 0 Å². The third-order valence-corrected chi connectivity index (χ3v) is 0.704. The minimum atomic E-state index is -2.60.